The van der Waals surface area contributed by atoms with Crippen LogP contribution in [0, 0.1) is 5.82 Å². The molecular formula is C19H16FNO2S. The molecule has 5 heteroatoms. The van der Waals surface area contributed by atoms with Gasteiger partial charge in [0.05, 0.1) is 17.0 Å². The lowest BCUT2D eigenvalue weighted by atomic mass is 10.1. The van der Waals surface area contributed by atoms with Crippen LogP contribution in [0.1, 0.15) is 18.1 Å². The van der Waals surface area contributed by atoms with Gasteiger partial charge in [0, 0.05) is 0 Å². The minimum atomic E-state index is -0.344. The number of rotatable bonds is 5. The highest BCUT2D eigenvalue weighted by molar-refractivity contribution is 8.04. The number of carbonyl (C=O) groups is 2. The van der Waals surface area contributed by atoms with Crippen molar-refractivity contribution in [3.05, 3.63) is 76.4 Å². The average Bonchev–Trinajstić information content (AvgIpc) is 2.82. The van der Waals surface area contributed by atoms with E-state index in [-0.39, 0.29) is 24.2 Å². The van der Waals surface area contributed by atoms with Crippen molar-refractivity contribution in [3.8, 4) is 0 Å². The first-order valence-electron chi connectivity index (χ1n) is 7.65. The summed E-state index contributed by atoms with van der Waals surface area (Å²) in [6.07, 6.45) is 0. The topological polar surface area (TPSA) is 37.4 Å². The van der Waals surface area contributed by atoms with E-state index in [4.69, 9.17) is 0 Å². The zero-order chi connectivity index (χ0) is 17.1. The number of benzene rings is 2. The molecule has 3 nitrogen and oxygen atoms in total. The van der Waals surface area contributed by atoms with Gasteiger partial charge < -0.3 is 0 Å². The zero-order valence-electron chi connectivity index (χ0n) is 13.2. The van der Waals surface area contributed by atoms with Gasteiger partial charge in [-0.3, -0.25) is 14.5 Å². The third-order valence-corrected chi connectivity index (χ3v) is 4.69. The molecule has 1 aliphatic rings. The van der Waals surface area contributed by atoms with Gasteiger partial charge in [0.25, 0.3) is 11.8 Å². The molecule has 0 aliphatic carbocycles. The van der Waals surface area contributed by atoms with Gasteiger partial charge in [-0.25, -0.2) is 4.39 Å². The Balaban J connectivity index is 1.94. The quantitative estimate of drug-likeness (QED) is 0.775. The largest absolute Gasteiger partial charge is 0.269 e. The normalized spacial score (nSPS) is 14.7. The molecule has 2 aromatic rings. The van der Waals surface area contributed by atoms with Gasteiger partial charge in [-0.05, 0) is 29.0 Å². The number of nitrogens with zero attached hydrogens (tertiary/aromatic N) is 1. The third kappa shape index (κ3) is 3.12. The van der Waals surface area contributed by atoms with Crippen molar-refractivity contribution in [2.24, 2.45) is 0 Å². The Morgan fingerprint density at radius 2 is 1.62 bits per heavy atom. The lowest BCUT2D eigenvalue weighted by Gasteiger charge is -2.15. The van der Waals surface area contributed by atoms with Crippen molar-refractivity contribution in [2.45, 2.75) is 13.5 Å². The first kappa shape index (κ1) is 16.5. The molecule has 0 atom stereocenters. The molecule has 2 aromatic carbocycles. The Labute approximate surface area is 144 Å². The maximum atomic E-state index is 13.0. The number of carbonyl (C=O) groups excluding carboxylic acids is 2. The lowest BCUT2D eigenvalue weighted by molar-refractivity contribution is -0.137. The Bertz CT molecular complexity index is 800. The monoisotopic (exact) mass is 341 g/mol. The van der Waals surface area contributed by atoms with Crippen molar-refractivity contribution < 1.29 is 14.0 Å². The van der Waals surface area contributed by atoms with Crippen molar-refractivity contribution in [1.29, 1.82) is 0 Å². The number of imide groups is 1. The van der Waals surface area contributed by atoms with E-state index in [2.05, 4.69) is 0 Å². The second kappa shape index (κ2) is 7.01. The fraction of sp³-hybridized carbons (Fsp3) is 0.158. The van der Waals surface area contributed by atoms with Crippen LogP contribution in [0.5, 0.6) is 0 Å². The molecule has 0 fully saturated rings. The number of amides is 2. The zero-order valence-corrected chi connectivity index (χ0v) is 14.0. The SMILES string of the molecule is CCSC1=C(c2ccccc2)C(=O)N(Cc2ccc(F)cc2)C1=O. The standard InChI is InChI=1S/C19H16FNO2S/c1-2-24-17-16(14-6-4-3-5-7-14)18(22)21(19(17)23)12-13-8-10-15(20)11-9-13/h3-11H,2,12H2,1H3. The highest BCUT2D eigenvalue weighted by Gasteiger charge is 2.38. The summed E-state index contributed by atoms with van der Waals surface area (Å²) in [6, 6.07) is 15.0. The van der Waals surface area contributed by atoms with Crippen molar-refractivity contribution in [1.82, 2.24) is 4.90 Å². The second-order valence-electron chi connectivity index (χ2n) is 5.33. The van der Waals surface area contributed by atoms with Gasteiger partial charge in [-0.2, -0.15) is 0 Å². The molecule has 0 saturated heterocycles. The smallest absolute Gasteiger partial charge is 0.268 e. The van der Waals surface area contributed by atoms with Crippen molar-refractivity contribution in [2.75, 3.05) is 5.75 Å². The fourth-order valence-electron chi connectivity index (χ4n) is 2.61. The minimum absolute atomic E-state index is 0.141. The third-order valence-electron chi connectivity index (χ3n) is 3.73. The summed E-state index contributed by atoms with van der Waals surface area (Å²) < 4.78 is 13.0. The van der Waals surface area contributed by atoms with E-state index < -0.39 is 0 Å². The molecule has 0 unspecified atom stereocenters. The van der Waals surface area contributed by atoms with E-state index in [9.17, 15) is 14.0 Å². The van der Waals surface area contributed by atoms with E-state index >= 15 is 0 Å². The molecule has 0 bridgehead atoms. The van der Waals surface area contributed by atoms with Crippen molar-refractivity contribution in [3.63, 3.8) is 0 Å². The first-order chi connectivity index (χ1) is 11.6. The Morgan fingerprint density at radius 1 is 0.958 bits per heavy atom. The summed E-state index contributed by atoms with van der Waals surface area (Å²) in [5, 5.41) is 0. The van der Waals surface area contributed by atoms with Gasteiger partial charge in [0.15, 0.2) is 0 Å². The van der Waals surface area contributed by atoms with Crippen LogP contribution in [0.3, 0.4) is 0 Å². The molecule has 0 spiro atoms. The van der Waals surface area contributed by atoms with Gasteiger partial charge in [0.1, 0.15) is 5.82 Å². The molecule has 0 saturated carbocycles. The average molecular weight is 341 g/mol. The highest BCUT2D eigenvalue weighted by atomic mass is 32.2. The van der Waals surface area contributed by atoms with Crippen LogP contribution in [0.25, 0.3) is 5.57 Å². The van der Waals surface area contributed by atoms with E-state index in [1.54, 1.807) is 12.1 Å². The van der Waals surface area contributed by atoms with E-state index in [1.165, 1.54) is 28.8 Å². The van der Waals surface area contributed by atoms with Crippen LogP contribution in [-0.4, -0.2) is 22.5 Å². The molecule has 3 rings (SSSR count). The maximum Gasteiger partial charge on any atom is 0.268 e. The van der Waals surface area contributed by atoms with Crippen LogP contribution in [0.2, 0.25) is 0 Å². The lowest BCUT2D eigenvalue weighted by Crippen LogP contribution is -2.30. The fourth-order valence-corrected chi connectivity index (χ4v) is 3.48. The van der Waals surface area contributed by atoms with Crippen LogP contribution in [0.4, 0.5) is 4.39 Å². The second-order valence-corrected chi connectivity index (χ2v) is 6.60. The number of halogens is 1. The summed E-state index contributed by atoms with van der Waals surface area (Å²) in [5.41, 5.74) is 1.91. The van der Waals surface area contributed by atoms with Crippen LogP contribution < -0.4 is 0 Å². The Hall–Kier alpha value is -2.40. The summed E-state index contributed by atoms with van der Waals surface area (Å²) in [6.45, 7) is 2.09. The molecule has 0 radical (unpaired) electrons. The summed E-state index contributed by atoms with van der Waals surface area (Å²) in [7, 11) is 0. The molecule has 122 valence electrons. The van der Waals surface area contributed by atoms with E-state index in [0.717, 1.165) is 5.56 Å². The van der Waals surface area contributed by atoms with Crippen LogP contribution >= 0.6 is 11.8 Å². The predicted molar refractivity (Wildman–Crippen MR) is 93.5 cm³/mol. The van der Waals surface area contributed by atoms with E-state index in [1.807, 2.05) is 37.3 Å². The molecule has 1 heterocycles. The molecule has 2 amide bonds. The summed E-state index contributed by atoms with van der Waals surface area (Å²) >= 11 is 1.38. The number of hydrogen-bond donors (Lipinski definition) is 0. The van der Waals surface area contributed by atoms with Crippen LogP contribution in [-0.2, 0) is 16.1 Å². The van der Waals surface area contributed by atoms with E-state index in [0.29, 0.717) is 21.8 Å². The Morgan fingerprint density at radius 3 is 2.25 bits per heavy atom. The van der Waals surface area contributed by atoms with Crippen LogP contribution in [0.15, 0.2) is 59.5 Å². The number of hydrogen-bond acceptors (Lipinski definition) is 3. The first-order valence-corrected chi connectivity index (χ1v) is 8.63. The van der Waals surface area contributed by atoms with Crippen molar-refractivity contribution >= 4 is 29.1 Å². The number of thioether (sulfide) groups is 1. The summed E-state index contributed by atoms with van der Waals surface area (Å²) in [5.74, 6) is -0.223. The Kier molecular flexibility index (Phi) is 4.81. The highest BCUT2D eigenvalue weighted by Crippen LogP contribution is 2.36. The predicted octanol–water partition coefficient (Wildman–Crippen LogP) is 3.86. The van der Waals surface area contributed by atoms with Gasteiger partial charge in [-0.1, -0.05) is 49.4 Å². The summed E-state index contributed by atoms with van der Waals surface area (Å²) in [4.78, 5) is 27.3. The molecule has 0 aromatic heterocycles. The maximum absolute atomic E-state index is 13.0. The van der Waals surface area contributed by atoms with Gasteiger partial charge in [0.2, 0.25) is 0 Å². The minimum Gasteiger partial charge on any atom is -0.269 e. The molecular weight excluding hydrogens is 325 g/mol. The van der Waals surface area contributed by atoms with Gasteiger partial charge in [-0.15, -0.1) is 11.8 Å². The molecule has 0 N–H and O–H groups in total. The van der Waals surface area contributed by atoms with Gasteiger partial charge >= 0.3 is 0 Å². The molecule has 24 heavy (non-hydrogen) atoms. The molecule has 1 aliphatic heterocycles.